The van der Waals surface area contributed by atoms with Crippen molar-refractivity contribution in [2.24, 2.45) is 4.99 Å². The molecule has 3 fully saturated rings. The topological polar surface area (TPSA) is 58.7 Å². The van der Waals surface area contributed by atoms with Gasteiger partial charge in [0.2, 0.25) is 0 Å². The van der Waals surface area contributed by atoms with Crippen LogP contribution in [0.4, 0.5) is 11.4 Å². The molecule has 0 amide bonds. The number of thioether (sulfide) groups is 1. The van der Waals surface area contributed by atoms with Gasteiger partial charge in [0.1, 0.15) is 5.69 Å². The molecule has 2 aliphatic carbocycles. The van der Waals surface area contributed by atoms with Gasteiger partial charge in [0.05, 0.1) is 10.5 Å². The van der Waals surface area contributed by atoms with E-state index < -0.39 is 0 Å². The van der Waals surface area contributed by atoms with Gasteiger partial charge in [0, 0.05) is 17.9 Å². The normalized spacial score (nSPS) is 24.2. The fraction of sp³-hybridized carbons (Fsp3) is 0.650. The van der Waals surface area contributed by atoms with E-state index in [9.17, 15) is 10.1 Å². The first-order valence-electron chi connectivity index (χ1n) is 9.77. The molecule has 6 heteroatoms. The molecular weight excluding hydrogens is 346 g/mol. The Morgan fingerprint density at radius 1 is 1.19 bits per heavy atom. The Morgan fingerprint density at radius 3 is 2.54 bits per heavy atom. The van der Waals surface area contributed by atoms with Crippen LogP contribution >= 0.6 is 11.8 Å². The molecule has 0 radical (unpaired) electrons. The van der Waals surface area contributed by atoms with Crippen molar-refractivity contribution < 1.29 is 4.92 Å². The molecule has 1 heterocycles. The SMILES string of the molecule is Cc1ccc([N+](=O)[O-])c(/N=C2\SCC3(CCCC3)N2C2CCCC2)c1C. The summed E-state index contributed by atoms with van der Waals surface area (Å²) in [7, 11) is 0. The average Bonchev–Trinajstić information content (AvgIpc) is 3.35. The second-order valence-electron chi connectivity index (χ2n) is 8.06. The minimum absolute atomic E-state index is 0.125. The monoisotopic (exact) mass is 373 g/mol. The van der Waals surface area contributed by atoms with Gasteiger partial charge >= 0.3 is 0 Å². The third kappa shape index (κ3) is 2.92. The summed E-state index contributed by atoms with van der Waals surface area (Å²) in [5.41, 5.74) is 2.90. The van der Waals surface area contributed by atoms with Crippen molar-refractivity contribution in [3.8, 4) is 0 Å². The van der Waals surface area contributed by atoms with Gasteiger partial charge in [-0.3, -0.25) is 10.1 Å². The third-order valence-corrected chi connectivity index (χ3v) is 7.72. The maximum atomic E-state index is 11.6. The number of hydrogen-bond acceptors (Lipinski definition) is 4. The Bertz CT molecular complexity index is 750. The Balaban J connectivity index is 1.79. The largest absolute Gasteiger partial charge is 0.342 e. The zero-order valence-corrected chi connectivity index (χ0v) is 16.5. The molecule has 0 atom stereocenters. The van der Waals surface area contributed by atoms with Crippen LogP contribution in [0.1, 0.15) is 62.5 Å². The summed E-state index contributed by atoms with van der Waals surface area (Å²) in [5, 5.41) is 12.6. The van der Waals surface area contributed by atoms with Crippen molar-refractivity contribution in [2.75, 3.05) is 5.75 Å². The summed E-state index contributed by atoms with van der Waals surface area (Å²) in [6, 6.07) is 3.99. The predicted octanol–water partition coefficient (Wildman–Crippen LogP) is 5.50. The Kier molecular flexibility index (Phi) is 4.71. The van der Waals surface area contributed by atoms with Gasteiger partial charge in [0.15, 0.2) is 5.17 Å². The van der Waals surface area contributed by atoms with Crippen LogP contribution in [0.5, 0.6) is 0 Å². The number of aryl methyl sites for hydroxylation is 1. The first-order chi connectivity index (χ1) is 12.5. The summed E-state index contributed by atoms with van der Waals surface area (Å²) in [4.78, 5) is 18.8. The van der Waals surface area contributed by atoms with E-state index >= 15 is 0 Å². The highest BCUT2D eigenvalue weighted by Crippen LogP contribution is 2.49. The molecule has 0 bridgehead atoms. The zero-order valence-electron chi connectivity index (χ0n) is 15.7. The van der Waals surface area contributed by atoms with E-state index in [0.29, 0.717) is 11.7 Å². The summed E-state index contributed by atoms with van der Waals surface area (Å²) >= 11 is 1.82. The van der Waals surface area contributed by atoms with Crippen LogP contribution in [0.25, 0.3) is 0 Å². The quantitative estimate of drug-likeness (QED) is 0.518. The van der Waals surface area contributed by atoms with Crippen molar-refractivity contribution in [1.29, 1.82) is 0 Å². The first kappa shape index (κ1) is 17.8. The van der Waals surface area contributed by atoms with Gasteiger partial charge in [-0.15, -0.1) is 0 Å². The molecule has 0 unspecified atom stereocenters. The van der Waals surface area contributed by atoms with Crippen molar-refractivity contribution >= 4 is 28.3 Å². The smallest absolute Gasteiger partial charge is 0.295 e. The molecule has 0 N–H and O–H groups in total. The van der Waals surface area contributed by atoms with Crippen LogP contribution in [0.15, 0.2) is 17.1 Å². The summed E-state index contributed by atoms with van der Waals surface area (Å²) < 4.78 is 0. The Hall–Kier alpha value is -1.56. The minimum Gasteiger partial charge on any atom is -0.342 e. The van der Waals surface area contributed by atoms with Crippen LogP contribution in [0.2, 0.25) is 0 Å². The van der Waals surface area contributed by atoms with Crippen LogP contribution in [0.3, 0.4) is 0 Å². The lowest BCUT2D eigenvalue weighted by molar-refractivity contribution is -0.384. The molecule has 2 saturated carbocycles. The van der Waals surface area contributed by atoms with E-state index in [4.69, 9.17) is 4.99 Å². The molecule has 0 aromatic heterocycles. The van der Waals surface area contributed by atoms with E-state index in [1.807, 2.05) is 31.7 Å². The van der Waals surface area contributed by atoms with Crippen molar-refractivity contribution in [3.05, 3.63) is 33.4 Å². The predicted molar refractivity (Wildman–Crippen MR) is 107 cm³/mol. The number of rotatable bonds is 3. The first-order valence-corrected chi connectivity index (χ1v) is 10.8. The highest BCUT2D eigenvalue weighted by atomic mass is 32.2. The van der Waals surface area contributed by atoms with Gasteiger partial charge < -0.3 is 4.90 Å². The van der Waals surface area contributed by atoms with E-state index in [-0.39, 0.29) is 16.1 Å². The number of nitrogens with zero attached hydrogens (tertiary/aromatic N) is 3. The number of benzene rings is 1. The Labute approximate surface area is 159 Å². The number of amidine groups is 1. The van der Waals surface area contributed by atoms with E-state index in [0.717, 1.165) is 22.0 Å². The fourth-order valence-corrected chi connectivity index (χ4v) is 6.39. The number of nitro benzene ring substituents is 1. The summed E-state index contributed by atoms with van der Waals surface area (Å²) in [5.74, 6) is 1.08. The van der Waals surface area contributed by atoms with Gasteiger partial charge in [-0.1, -0.05) is 43.5 Å². The lowest BCUT2D eigenvalue weighted by atomic mass is 9.95. The van der Waals surface area contributed by atoms with Gasteiger partial charge in [-0.2, -0.15) is 0 Å². The molecule has 5 nitrogen and oxygen atoms in total. The zero-order chi connectivity index (χ0) is 18.3. The molecule has 1 aliphatic heterocycles. The second kappa shape index (κ2) is 6.87. The maximum Gasteiger partial charge on any atom is 0.295 e. The van der Waals surface area contributed by atoms with Crippen molar-refractivity contribution in [1.82, 2.24) is 4.90 Å². The highest BCUT2D eigenvalue weighted by Gasteiger charge is 2.49. The Morgan fingerprint density at radius 2 is 1.88 bits per heavy atom. The van der Waals surface area contributed by atoms with E-state index in [1.54, 1.807) is 6.07 Å². The van der Waals surface area contributed by atoms with Crippen molar-refractivity contribution in [3.63, 3.8) is 0 Å². The van der Waals surface area contributed by atoms with Crippen LogP contribution < -0.4 is 0 Å². The second-order valence-corrected chi connectivity index (χ2v) is 9.00. The van der Waals surface area contributed by atoms with Crippen molar-refractivity contribution in [2.45, 2.75) is 76.8 Å². The van der Waals surface area contributed by atoms with Gasteiger partial charge in [-0.05, 0) is 50.7 Å². The minimum atomic E-state index is -0.295. The maximum absolute atomic E-state index is 11.6. The molecular formula is C20H27N3O2S. The van der Waals surface area contributed by atoms with Crippen LogP contribution in [0, 0.1) is 24.0 Å². The lowest BCUT2D eigenvalue weighted by Crippen LogP contribution is -2.50. The van der Waals surface area contributed by atoms with Crippen LogP contribution in [-0.4, -0.2) is 32.3 Å². The fourth-order valence-electron chi connectivity index (χ4n) is 4.92. The van der Waals surface area contributed by atoms with Crippen LogP contribution in [-0.2, 0) is 0 Å². The molecule has 1 aromatic carbocycles. The number of aliphatic imine (C=N–C) groups is 1. The molecule has 1 spiro atoms. The summed E-state index contributed by atoms with van der Waals surface area (Å²) in [6.45, 7) is 3.95. The number of hydrogen-bond donors (Lipinski definition) is 0. The number of nitro groups is 1. The summed E-state index contributed by atoms with van der Waals surface area (Å²) in [6.07, 6.45) is 10.1. The molecule has 3 aliphatic rings. The molecule has 26 heavy (non-hydrogen) atoms. The van der Waals surface area contributed by atoms with E-state index in [1.165, 1.54) is 51.4 Å². The van der Waals surface area contributed by atoms with Gasteiger partial charge in [0.25, 0.3) is 5.69 Å². The molecule has 4 rings (SSSR count). The van der Waals surface area contributed by atoms with Gasteiger partial charge in [-0.25, -0.2) is 4.99 Å². The standard InChI is InChI=1S/C20H27N3O2S/c1-14-9-10-17(23(24)25)18(15(14)2)21-19-22(16-7-3-4-8-16)20(13-26-19)11-5-6-12-20/h9-10,16H,3-8,11-13H2,1-2H3/b21-19-. The molecule has 140 valence electrons. The average molecular weight is 374 g/mol. The third-order valence-electron chi connectivity index (χ3n) is 6.50. The lowest BCUT2D eigenvalue weighted by Gasteiger charge is -2.40. The highest BCUT2D eigenvalue weighted by molar-refractivity contribution is 8.14. The molecule has 1 aromatic rings. The molecule has 1 saturated heterocycles. The van der Waals surface area contributed by atoms with E-state index in [2.05, 4.69) is 4.90 Å².